The quantitative estimate of drug-likeness (QED) is 0.620. The third-order valence-electron chi connectivity index (χ3n) is 3.70. The van der Waals surface area contributed by atoms with Gasteiger partial charge in [0.2, 0.25) is 5.91 Å². The highest BCUT2D eigenvalue weighted by Gasteiger charge is 2.06. The SMILES string of the molecule is CCCCCCCC(C)Nc1cc(NC(C)=O)ccc1C. The maximum atomic E-state index is 11.1. The zero-order valence-corrected chi connectivity index (χ0v) is 14.0. The van der Waals surface area contributed by atoms with E-state index in [9.17, 15) is 4.79 Å². The number of benzene rings is 1. The van der Waals surface area contributed by atoms with Crippen molar-refractivity contribution in [2.24, 2.45) is 0 Å². The monoisotopic (exact) mass is 290 g/mol. The fourth-order valence-electron chi connectivity index (χ4n) is 2.45. The van der Waals surface area contributed by atoms with Crippen molar-refractivity contribution in [3.05, 3.63) is 23.8 Å². The minimum Gasteiger partial charge on any atom is -0.382 e. The van der Waals surface area contributed by atoms with Crippen molar-refractivity contribution < 1.29 is 4.79 Å². The van der Waals surface area contributed by atoms with Gasteiger partial charge in [-0.2, -0.15) is 0 Å². The molecule has 118 valence electrons. The van der Waals surface area contributed by atoms with Gasteiger partial charge in [-0.25, -0.2) is 0 Å². The number of carbonyl (C=O) groups is 1. The first kappa shape index (κ1) is 17.5. The van der Waals surface area contributed by atoms with Crippen LogP contribution in [0, 0.1) is 6.92 Å². The van der Waals surface area contributed by atoms with Crippen molar-refractivity contribution in [3.8, 4) is 0 Å². The Balaban J connectivity index is 2.46. The van der Waals surface area contributed by atoms with Crippen LogP contribution >= 0.6 is 0 Å². The van der Waals surface area contributed by atoms with Crippen molar-refractivity contribution in [2.75, 3.05) is 10.6 Å². The fourth-order valence-corrected chi connectivity index (χ4v) is 2.45. The Labute approximate surface area is 129 Å². The van der Waals surface area contributed by atoms with Crippen LogP contribution < -0.4 is 10.6 Å². The van der Waals surface area contributed by atoms with Gasteiger partial charge >= 0.3 is 0 Å². The molecule has 2 N–H and O–H groups in total. The summed E-state index contributed by atoms with van der Waals surface area (Å²) in [5.41, 5.74) is 3.18. The largest absolute Gasteiger partial charge is 0.382 e. The van der Waals surface area contributed by atoms with E-state index >= 15 is 0 Å². The molecule has 0 fully saturated rings. The highest BCUT2D eigenvalue weighted by atomic mass is 16.1. The second kappa shape index (κ2) is 9.43. The highest BCUT2D eigenvalue weighted by Crippen LogP contribution is 2.22. The van der Waals surface area contributed by atoms with E-state index in [0.717, 1.165) is 11.4 Å². The molecule has 3 nitrogen and oxygen atoms in total. The van der Waals surface area contributed by atoms with Crippen LogP contribution in [0.3, 0.4) is 0 Å². The zero-order valence-electron chi connectivity index (χ0n) is 14.0. The highest BCUT2D eigenvalue weighted by molar-refractivity contribution is 5.89. The van der Waals surface area contributed by atoms with Crippen LogP contribution in [0.1, 0.15) is 64.9 Å². The second-order valence-electron chi connectivity index (χ2n) is 5.96. The summed E-state index contributed by atoms with van der Waals surface area (Å²) in [6.07, 6.45) is 7.78. The number of amides is 1. The van der Waals surface area contributed by atoms with E-state index in [-0.39, 0.29) is 5.91 Å². The van der Waals surface area contributed by atoms with Crippen molar-refractivity contribution >= 4 is 17.3 Å². The molecule has 3 heteroatoms. The molecule has 0 bridgehead atoms. The predicted molar refractivity (Wildman–Crippen MR) is 91.9 cm³/mol. The fraction of sp³-hybridized carbons (Fsp3) is 0.611. The van der Waals surface area contributed by atoms with Gasteiger partial charge in [0.05, 0.1) is 0 Å². The lowest BCUT2D eigenvalue weighted by Crippen LogP contribution is -2.16. The number of anilines is 2. The van der Waals surface area contributed by atoms with Gasteiger partial charge in [0.15, 0.2) is 0 Å². The maximum Gasteiger partial charge on any atom is 0.221 e. The van der Waals surface area contributed by atoms with Crippen LogP contribution in [0.15, 0.2) is 18.2 Å². The second-order valence-corrected chi connectivity index (χ2v) is 5.96. The van der Waals surface area contributed by atoms with Crippen molar-refractivity contribution in [2.45, 2.75) is 72.3 Å². The molecule has 21 heavy (non-hydrogen) atoms. The number of carbonyl (C=O) groups excluding carboxylic acids is 1. The average Bonchev–Trinajstić information content (AvgIpc) is 2.42. The third kappa shape index (κ3) is 7.16. The summed E-state index contributed by atoms with van der Waals surface area (Å²) in [5.74, 6) is -0.0335. The van der Waals surface area contributed by atoms with E-state index in [0.29, 0.717) is 6.04 Å². The van der Waals surface area contributed by atoms with Crippen molar-refractivity contribution in [1.29, 1.82) is 0 Å². The Kier molecular flexibility index (Phi) is 7.88. The van der Waals surface area contributed by atoms with Crippen molar-refractivity contribution in [3.63, 3.8) is 0 Å². The summed E-state index contributed by atoms with van der Waals surface area (Å²) in [6.45, 7) is 8.10. The molecule has 1 aromatic rings. The maximum absolute atomic E-state index is 11.1. The lowest BCUT2D eigenvalue weighted by Gasteiger charge is -2.18. The van der Waals surface area contributed by atoms with Gasteiger partial charge in [-0.1, -0.05) is 45.1 Å². The molecule has 0 aliphatic heterocycles. The number of hydrogen-bond acceptors (Lipinski definition) is 2. The van der Waals surface area contributed by atoms with E-state index < -0.39 is 0 Å². The molecule has 1 unspecified atom stereocenters. The molecule has 1 rings (SSSR count). The normalized spacial score (nSPS) is 12.0. The van der Waals surface area contributed by atoms with Gasteiger partial charge in [-0.3, -0.25) is 4.79 Å². The van der Waals surface area contributed by atoms with Gasteiger partial charge < -0.3 is 10.6 Å². The molecule has 1 aromatic carbocycles. The molecule has 0 heterocycles. The molecule has 0 aromatic heterocycles. The lowest BCUT2D eigenvalue weighted by molar-refractivity contribution is -0.114. The standard InChI is InChI=1S/C18H30N2O/c1-5-6-7-8-9-10-15(3)19-18-13-17(20-16(4)21)12-11-14(18)2/h11-13,15,19H,5-10H2,1-4H3,(H,20,21). The van der Waals surface area contributed by atoms with Crippen LogP contribution in [0.4, 0.5) is 11.4 Å². The van der Waals surface area contributed by atoms with Crippen LogP contribution in [0.2, 0.25) is 0 Å². The molecule has 0 saturated heterocycles. The summed E-state index contributed by atoms with van der Waals surface area (Å²) < 4.78 is 0. The topological polar surface area (TPSA) is 41.1 Å². The van der Waals surface area contributed by atoms with Gasteiger partial charge in [-0.15, -0.1) is 0 Å². The van der Waals surface area contributed by atoms with Crippen LogP contribution in [-0.4, -0.2) is 11.9 Å². The molecule has 1 atom stereocenters. The smallest absolute Gasteiger partial charge is 0.221 e. The lowest BCUT2D eigenvalue weighted by atomic mass is 10.1. The Bertz CT molecular complexity index is 443. The molecular formula is C18H30N2O. The molecular weight excluding hydrogens is 260 g/mol. The minimum absolute atomic E-state index is 0.0335. The molecule has 0 saturated carbocycles. The van der Waals surface area contributed by atoms with Crippen molar-refractivity contribution in [1.82, 2.24) is 0 Å². The molecule has 0 radical (unpaired) electrons. The number of hydrogen-bond donors (Lipinski definition) is 2. The van der Waals surface area contributed by atoms with Crippen LogP contribution in [0.25, 0.3) is 0 Å². The third-order valence-corrected chi connectivity index (χ3v) is 3.70. The van der Waals surface area contributed by atoms with E-state index in [4.69, 9.17) is 0 Å². The van der Waals surface area contributed by atoms with E-state index in [1.807, 2.05) is 18.2 Å². The Morgan fingerprint density at radius 3 is 2.57 bits per heavy atom. The van der Waals surface area contributed by atoms with Crippen LogP contribution in [-0.2, 0) is 4.79 Å². The van der Waals surface area contributed by atoms with E-state index in [1.54, 1.807) is 0 Å². The summed E-state index contributed by atoms with van der Waals surface area (Å²) in [4.78, 5) is 11.1. The van der Waals surface area contributed by atoms with Gasteiger partial charge in [-0.05, 0) is 38.0 Å². The minimum atomic E-state index is -0.0335. The molecule has 0 aliphatic rings. The first-order chi connectivity index (χ1) is 10.0. The molecule has 0 spiro atoms. The first-order valence-corrected chi connectivity index (χ1v) is 8.17. The number of nitrogens with one attached hydrogen (secondary N) is 2. The Hall–Kier alpha value is -1.51. The summed E-state index contributed by atoms with van der Waals surface area (Å²) in [7, 11) is 0. The first-order valence-electron chi connectivity index (χ1n) is 8.17. The van der Waals surface area contributed by atoms with Gasteiger partial charge in [0.1, 0.15) is 0 Å². The van der Waals surface area contributed by atoms with Crippen LogP contribution in [0.5, 0.6) is 0 Å². The van der Waals surface area contributed by atoms with E-state index in [2.05, 4.69) is 31.4 Å². The molecule has 0 aliphatic carbocycles. The molecule has 1 amide bonds. The Morgan fingerprint density at radius 1 is 1.19 bits per heavy atom. The summed E-state index contributed by atoms with van der Waals surface area (Å²) >= 11 is 0. The number of aryl methyl sites for hydroxylation is 1. The predicted octanol–water partition coefficient (Wildman–Crippen LogP) is 5.11. The van der Waals surface area contributed by atoms with Gasteiger partial charge in [0, 0.05) is 24.3 Å². The summed E-state index contributed by atoms with van der Waals surface area (Å²) in [5, 5.41) is 6.40. The van der Waals surface area contributed by atoms with E-state index in [1.165, 1.54) is 51.0 Å². The van der Waals surface area contributed by atoms with Gasteiger partial charge in [0.25, 0.3) is 0 Å². The zero-order chi connectivity index (χ0) is 15.7. The number of unbranched alkanes of at least 4 members (excludes halogenated alkanes) is 4. The summed E-state index contributed by atoms with van der Waals surface area (Å²) in [6, 6.07) is 6.46. The average molecular weight is 290 g/mol. The number of rotatable bonds is 9. The Morgan fingerprint density at radius 2 is 1.90 bits per heavy atom.